The van der Waals surface area contributed by atoms with Crippen molar-refractivity contribution in [1.82, 2.24) is 20.2 Å². The van der Waals surface area contributed by atoms with Gasteiger partial charge in [-0.25, -0.2) is 13.8 Å². The smallest absolute Gasteiger partial charge is 0.406 e. The molecule has 2 fully saturated rings. The van der Waals surface area contributed by atoms with Crippen LogP contribution < -0.4 is 10.1 Å². The maximum atomic E-state index is 14.9. The summed E-state index contributed by atoms with van der Waals surface area (Å²) in [7, 11) is 0. The van der Waals surface area contributed by atoms with E-state index in [-0.39, 0.29) is 30.7 Å². The SMILES string of the molecule is O=C(c1ccc(OC(F)(F)F)cc1F)N1CCC(c2c(F)cnc3[nH]c(C4CNCCO4)cc23)CC1. The van der Waals surface area contributed by atoms with Crippen LogP contribution >= 0.6 is 0 Å². The lowest BCUT2D eigenvalue weighted by molar-refractivity contribution is -0.274. The molecule has 1 amide bonds. The van der Waals surface area contributed by atoms with E-state index in [4.69, 9.17) is 4.74 Å². The van der Waals surface area contributed by atoms with Crippen LogP contribution in [0.5, 0.6) is 5.75 Å². The number of aromatic amines is 1. The van der Waals surface area contributed by atoms with E-state index < -0.39 is 29.7 Å². The molecule has 0 saturated carbocycles. The third kappa shape index (κ3) is 5.00. The number of hydrogen-bond donors (Lipinski definition) is 2. The van der Waals surface area contributed by atoms with Gasteiger partial charge < -0.3 is 24.7 Å². The molecule has 3 aromatic rings. The lowest BCUT2D eigenvalue weighted by Gasteiger charge is -2.32. The molecule has 2 aliphatic heterocycles. The second-order valence-corrected chi connectivity index (χ2v) is 8.83. The van der Waals surface area contributed by atoms with Gasteiger partial charge in [-0.1, -0.05) is 0 Å². The van der Waals surface area contributed by atoms with Crippen LogP contribution in [0.3, 0.4) is 0 Å². The summed E-state index contributed by atoms with van der Waals surface area (Å²) in [5.41, 5.74) is 1.52. The minimum absolute atomic E-state index is 0.189. The zero-order valence-electron chi connectivity index (χ0n) is 19.0. The molecule has 2 saturated heterocycles. The van der Waals surface area contributed by atoms with Crippen molar-refractivity contribution in [3.8, 4) is 5.75 Å². The fraction of sp³-hybridized carbons (Fsp3) is 0.417. The Balaban J connectivity index is 1.30. The molecular formula is C24H23F5N4O3. The highest BCUT2D eigenvalue weighted by atomic mass is 19.4. The number of ether oxygens (including phenoxy) is 2. The number of rotatable bonds is 4. The zero-order chi connectivity index (χ0) is 25.4. The van der Waals surface area contributed by atoms with Crippen LogP contribution in [-0.2, 0) is 4.74 Å². The maximum Gasteiger partial charge on any atom is 0.573 e. The number of benzene rings is 1. The average Bonchev–Trinajstić information content (AvgIpc) is 3.28. The molecule has 0 bridgehead atoms. The van der Waals surface area contributed by atoms with Crippen LogP contribution in [0.15, 0.2) is 30.5 Å². The van der Waals surface area contributed by atoms with Crippen molar-refractivity contribution in [3.05, 3.63) is 58.9 Å². The molecule has 0 radical (unpaired) electrons. The number of halogens is 5. The molecular weight excluding hydrogens is 487 g/mol. The van der Waals surface area contributed by atoms with Crippen molar-refractivity contribution in [2.45, 2.75) is 31.2 Å². The van der Waals surface area contributed by atoms with E-state index in [1.807, 2.05) is 6.07 Å². The largest absolute Gasteiger partial charge is 0.573 e. The predicted octanol–water partition coefficient (Wildman–Crippen LogP) is 4.42. The van der Waals surface area contributed by atoms with Crippen LogP contribution in [0, 0.1) is 11.6 Å². The van der Waals surface area contributed by atoms with E-state index in [1.54, 1.807) is 0 Å². The van der Waals surface area contributed by atoms with Gasteiger partial charge >= 0.3 is 6.36 Å². The maximum absolute atomic E-state index is 14.9. The number of fused-ring (bicyclic) bond motifs is 1. The fourth-order valence-electron chi connectivity index (χ4n) is 4.85. The number of carbonyl (C=O) groups is 1. The monoisotopic (exact) mass is 510 g/mol. The summed E-state index contributed by atoms with van der Waals surface area (Å²) < 4.78 is 75.9. The number of H-pyrrole nitrogens is 1. The Kier molecular flexibility index (Phi) is 6.56. The number of morpholine rings is 1. The number of amides is 1. The number of pyridine rings is 1. The normalized spacial score (nSPS) is 19.6. The van der Waals surface area contributed by atoms with Gasteiger partial charge in [0.2, 0.25) is 0 Å². The summed E-state index contributed by atoms with van der Waals surface area (Å²) in [5, 5.41) is 3.91. The average molecular weight is 510 g/mol. The van der Waals surface area contributed by atoms with Gasteiger partial charge in [-0.15, -0.1) is 13.2 Å². The predicted molar refractivity (Wildman–Crippen MR) is 119 cm³/mol. The van der Waals surface area contributed by atoms with E-state index in [2.05, 4.69) is 20.0 Å². The summed E-state index contributed by atoms with van der Waals surface area (Å²) in [5.74, 6) is -3.12. The number of alkyl halides is 3. The Morgan fingerprint density at radius 2 is 1.92 bits per heavy atom. The van der Waals surface area contributed by atoms with Gasteiger partial charge in [-0.05, 0) is 37.0 Å². The van der Waals surface area contributed by atoms with Crippen molar-refractivity contribution >= 4 is 16.9 Å². The summed E-state index contributed by atoms with van der Waals surface area (Å²) in [6.45, 7) is 2.44. The van der Waals surface area contributed by atoms with E-state index in [0.29, 0.717) is 48.7 Å². The first-order valence-corrected chi connectivity index (χ1v) is 11.5. The molecule has 1 unspecified atom stereocenters. The summed E-state index contributed by atoms with van der Waals surface area (Å²) in [6, 6.07) is 4.26. The third-order valence-corrected chi connectivity index (χ3v) is 6.54. The molecule has 2 aliphatic rings. The summed E-state index contributed by atoms with van der Waals surface area (Å²) >= 11 is 0. The Bertz CT molecular complexity index is 1260. The minimum Gasteiger partial charge on any atom is -0.406 e. The molecule has 192 valence electrons. The first-order valence-electron chi connectivity index (χ1n) is 11.5. The third-order valence-electron chi connectivity index (χ3n) is 6.54. The van der Waals surface area contributed by atoms with Gasteiger partial charge in [0, 0.05) is 48.9 Å². The van der Waals surface area contributed by atoms with Crippen molar-refractivity contribution < 1.29 is 36.2 Å². The van der Waals surface area contributed by atoms with Crippen LogP contribution in [0.1, 0.15) is 46.5 Å². The van der Waals surface area contributed by atoms with Crippen LogP contribution in [0.25, 0.3) is 11.0 Å². The lowest BCUT2D eigenvalue weighted by Crippen LogP contribution is -2.38. The van der Waals surface area contributed by atoms with Crippen molar-refractivity contribution in [1.29, 1.82) is 0 Å². The lowest BCUT2D eigenvalue weighted by atomic mass is 9.87. The quantitative estimate of drug-likeness (QED) is 0.508. The number of likely N-dealkylation sites (tertiary alicyclic amines) is 1. The number of hydrogen-bond acceptors (Lipinski definition) is 5. The van der Waals surface area contributed by atoms with Gasteiger partial charge in [0.25, 0.3) is 5.91 Å². The van der Waals surface area contributed by atoms with Gasteiger partial charge in [-0.3, -0.25) is 4.79 Å². The molecule has 2 N–H and O–H groups in total. The second-order valence-electron chi connectivity index (χ2n) is 8.83. The molecule has 7 nitrogen and oxygen atoms in total. The molecule has 12 heteroatoms. The standard InChI is InChI=1S/C24H23F5N4O3/c25-17-9-14(36-24(27,28)29)1-2-15(17)23(34)33-6-3-13(4-7-33)21-16-10-19(20-12-30-5-8-35-20)32-22(16)31-11-18(21)26/h1-2,9-11,13,20,30H,3-8,12H2,(H,31,32). The fourth-order valence-corrected chi connectivity index (χ4v) is 4.85. The Morgan fingerprint density at radius 1 is 1.14 bits per heavy atom. The van der Waals surface area contributed by atoms with Crippen molar-refractivity contribution in [2.75, 3.05) is 32.8 Å². The molecule has 5 rings (SSSR count). The van der Waals surface area contributed by atoms with Gasteiger partial charge in [0.15, 0.2) is 0 Å². The molecule has 0 spiro atoms. The van der Waals surface area contributed by atoms with E-state index in [9.17, 15) is 26.7 Å². The highest BCUT2D eigenvalue weighted by Crippen LogP contribution is 2.36. The van der Waals surface area contributed by atoms with Crippen LogP contribution in [0.4, 0.5) is 22.0 Å². The number of aromatic nitrogens is 2. The molecule has 4 heterocycles. The van der Waals surface area contributed by atoms with Gasteiger partial charge in [-0.2, -0.15) is 0 Å². The van der Waals surface area contributed by atoms with Gasteiger partial charge in [0.1, 0.15) is 29.1 Å². The van der Waals surface area contributed by atoms with Crippen molar-refractivity contribution in [2.24, 2.45) is 0 Å². The Morgan fingerprint density at radius 3 is 2.58 bits per heavy atom. The number of carbonyl (C=O) groups excluding carboxylic acids is 1. The molecule has 0 aliphatic carbocycles. The molecule has 36 heavy (non-hydrogen) atoms. The highest BCUT2D eigenvalue weighted by molar-refractivity contribution is 5.94. The van der Waals surface area contributed by atoms with Gasteiger partial charge in [0.05, 0.1) is 18.4 Å². The zero-order valence-corrected chi connectivity index (χ0v) is 19.0. The Labute approximate surface area is 202 Å². The molecule has 2 aromatic heterocycles. The minimum atomic E-state index is -4.96. The van der Waals surface area contributed by atoms with E-state index in [1.165, 1.54) is 11.1 Å². The second kappa shape index (κ2) is 9.66. The van der Waals surface area contributed by atoms with E-state index >= 15 is 0 Å². The number of nitrogens with one attached hydrogen (secondary N) is 2. The number of piperidine rings is 1. The van der Waals surface area contributed by atoms with Crippen LogP contribution in [0.2, 0.25) is 0 Å². The first kappa shape index (κ1) is 24.4. The highest BCUT2D eigenvalue weighted by Gasteiger charge is 2.33. The topological polar surface area (TPSA) is 79.5 Å². The Hall–Kier alpha value is -3.25. The summed E-state index contributed by atoms with van der Waals surface area (Å²) in [4.78, 5) is 21.6. The van der Waals surface area contributed by atoms with Crippen molar-refractivity contribution in [3.63, 3.8) is 0 Å². The first-order chi connectivity index (χ1) is 17.2. The van der Waals surface area contributed by atoms with Crippen LogP contribution in [-0.4, -0.2) is 59.9 Å². The number of nitrogens with zero attached hydrogens (tertiary/aromatic N) is 2. The molecule has 1 atom stereocenters. The summed E-state index contributed by atoms with van der Waals surface area (Å²) in [6.07, 6.45) is -3.11. The van der Waals surface area contributed by atoms with E-state index in [0.717, 1.165) is 24.4 Å². The molecule has 1 aromatic carbocycles.